The van der Waals surface area contributed by atoms with E-state index in [1.807, 2.05) is 0 Å². The van der Waals surface area contributed by atoms with Crippen molar-refractivity contribution >= 4 is 16.0 Å². The topological polar surface area (TPSA) is 75.7 Å². The molecule has 0 bridgehead atoms. The first-order valence-electron chi connectivity index (χ1n) is 7.17. The van der Waals surface area contributed by atoms with Crippen LogP contribution in [-0.2, 0) is 19.6 Å². The molecule has 1 aliphatic rings. The van der Waals surface area contributed by atoms with Crippen molar-refractivity contribution in [1.29, 1.82) is 0 Å². The molecule has 0 spiro atoms. The number of ether oxygens (including phenoxy) is 1. The summed E-state index contributed by atoms with van der Waals surface area (Å²) in [6, 6.07) is -0.108. The van der Waals surface area contributed by atoms with Crippen LogP contribution < -0.4 is 5.32 Å². The predicted octanol–water partition coefficient (Wildman–Crippen LogP) is 0.732. The number of sulfonamides is 1. The summed E-state index contributed by atoms with van der Waals surface area (Å²) >= 11 is 0. The van der Waals surface area contributed by atoms with Gasteiger partial charge in [0.05, 0.1) is 13.4 Å². The van der Waals surface area contributed by atoms with Crippen molar-refractivity contribution in [3.63, 3.8) is 0 Å². The molecule has 6 nitrogen and oxygen atoms in total. The molecule has 0 aromatic rings. The van der Waals surface area contributed by atoms with Crippen LogP contribution in [0.25, 0.3) is 0 Å². The highest BCUT2D eigenvalue weighted by molar-refractivity contribution is 7.88. The highest BCUT2D eigenvalue weighted by Gasteiger charge is 2.28. The summed E-state index contributed by atoms with van der Waals surface area (Å²) in [6.45, 7) is 3.11. The molecule has 0 aromatic heterocycles. The number of hydrogen-bond acceptors (Lipinski definition) is 5. The molecular weight excluding hydrogens is 280 g/mol. The van der Waals surface area contributed by atoms with E-state index in [2.05, 4.69) is 12.2 Å². The largest absolute Gasteiger partial charge is 0.468 e. The molecule has 0 radical (unpaired) electrons. The number of methoxy groups -OCH3 is 1. The molecule has 1 aliphatic heterocycles. The third-order valence-electron chi connectivity index (χ3n) is 3.69. The van der Waals surface area contributed by atoms with Crippen molar-refractivity contribution in [1.82, 2.24) is 9.62 Å². The van der Waals surface area contributed by atoms with E-state index in [4.69, 9.17) is 4.74 Å². The number of esters is 1. The quantitative estimate of drug-likeness (QED) is 0.702. The van der Waals surface area contributed by atoms with E-state index in [9.17, 15) is 13.2 Å². The third-order valence-corrected chi connectivity index (χ3v) is 5.00. The molecule has 0 amide bonds. The third kappa shape index (κ3) is 5.38. The summed E-state index contributed by atoms with van der Waals surface area (Å²) in [4.78, 5) is 11.7. The Labute approximate surface area is 121 Å². The second-order valence-corrected chi connectivity index (χ2v) is 7.30. The fraction of sp³-hybridized carbons (Fsp3) is 0.923. The minimum absolute atomic E-state index is 0.175. The minimum atomic E-state index is -3.10. The Kier molecular flexibility index (Phi) is 6.91. The highest BCUT2D eigenvalue weighted by Crippen LogP contribution is 2.15. The van der Waals surface area contributed by atoms with Crippen LogP contribution in [0.1, 0.15) is 39.0 Å². The van der Waals surface area contributed by atoms with Crippen LogP contribution in [0, 0.1) is 0 Å². The number of piperidine rings is 1. The van der Waals surface area contributed by atoms with Gasteiger partial charge in [-0.2, -0.15) is 0 Å². The van der Waals surface area contributed by atoms with Gasteiger partial charge in [0.25, 0.3) is 0 Å². The van der Waals surface area contributed by atoms with E-state index in [1.54, 1.807) is 0 Å². The fourth-order valence-electron chi connectivity index (χ4n) is 2.46. The molecule has 0 aliphatic carbocycles. The summed E-state index contributed by atoms with van der Waals surface area (Å²) in [5, 5.41) is 3.32. The second-order valence-electron chi connectivity index (χ2n) is 5.32. The zero-order chi connectivity index (χ0) is 15.2. The van der Waals surface area contributed by atoms with Gasteiger partial charge in [-0.15, -0.1) is 0 Å². The molecule has 20 heavy (non-hydrogen) atoms. The van der Waals surface area contributed by atoms with Crippen molar-refractivity contribution in [2.75, 3.05) is 26.5 Å². The van der Waals surface area contributed by atoms with Crippen molar-refractivity contribution in [2.24, 2.45) is 0 Å². The monoisotopic (exact) mass is 306 g/mol. The summed E-state index contributed by atoms with van der Waals surface area (Å²) in [5.41, 5.74) is 0. The first-order chi connectivity index (χ1) is 9.38. The Morgan fingerprint density at radius 3 is 2.45 bits per heavy atom. The number of nitrogens with one attached hydrogen (secondary N) is 1. The van der Waals surface area contributed by atoms with Gasteiger partial charge in [-0.3, -0.25) is 4.79 Å². The van der Waals surface area contributed by atoms with Crippen LogP contribution in [0.4, 0.5) is 0 Å². The highest BCUT2D eigenvalue weighted by atomic mass is 32.2. The first-order valence-corrected chi connectivity index (χ1v) is 9.02. The number of hydrogen-bond donors (Lipinski definition) is 1. The van der Waals surface area contributed by atoms with Gasteiger partial charge in [0.1, 0.15) is 6.04 Å². The Hall–Kier alpha value is -0.660. The maximum atomic E-state index is 11.7. The first kappa shape index (κ1) is 17.4. The van der Waals surface area contributed by atoms with Crippen LogP contribution in [-0.4, -0.2) is 57.2 Å². The minimum Gasteiger partial charge on any atom is -0.468 e. The lowest BCUT2D eigenvalue weighted by Crippen LogP contribution is -2.50. The Morgan fingerprint density at radius 2 is 2.00 bits per heavy atom. The molecule has 1 N–H and O–H groups in total. The molecule has 1 unspecified atom stereocenters. The lowest BCUT2D eigenvalue weighted by molar-refractivity contribution is -0.143. The average Bonchev–Trinajstić information content (AvgIpc) is 2.42. The number of nitrogens with zero attached hydrogens (tertiary/aromatic N) is 1. The van der Waals surface area contributed by atoms with E-state index in [1.165, 1.54) is 17.7 Å². The standard InChI is InChI=1S/C13H26N2O4S/c1-4-5-6-12(13(16)19-2)14-11-7-9-15(10-8-11)20(3,17)18/h11-12,14H,4-10H2,1-3H3. The van der Waals surface area contributed by atoms with Crippen LogP contribution in [0.3, 0.4) is 0 Å². The van der Waals surface area contributed by atoms with E-state index < -0.39 is 10.0 Å². The molecule has 7 heteroatoms. The van der Waals surface area contributed by atoms with E-state index >= 15 is 0 Å². The van der Waals surface area contributed by atoms with Crippen LogP contribution in [0.2, 0.25) is 0 Å². The van der Waals surface area contributed by atoms with Crippen molar-refractivity contribution in [3.05, 3.63) is 0 Å². The van der Waals surface area contributed by atoms with Crippen LogP contribution >= 0.6 is 0 Å². The number of unbranched alkanes of at least 4 members (excludes halogenated alkanes) is 1. The normalized spacial score (nSPS) is 19.8. The molecule has 0 aromatic carbocycles. The van der Waals surface area contributed by atoms with Gasteiger partial charge in [-0.1, -0.05) is 19.8 Å². The molecule has 0 saturated carbocycles. The van der Waals surface area contributed by atoms with Gasteiger partial charge in [0.15, 0.2) is 0 Å². The summed E-state index contributed by atoms with van der Waals surface area (Å²) in [6.07, 6.45) is 5.45. The zero-order valence-electron chi connectivity index (χ0n) is 12.6. The second kappa shape index (κ2) is 7.95. The smallest absolute Gasteiger partial charge is 0.322 e. The number of rotatable bonds is 7. The van der Waals surface area contributed by atoms with Gasteiger partial charge in [0, 0.05) is 19.1 Å². The molecule has 1 heterocycles. The lowest BCUT2D eigenvalue weighted by Gasteiger charge is -2.32. The zero-order valence-corrected chi connectivity index (χ0v) is 13.4. The maximum Gasteiger partial charge on any atom is 0.322 e. The van der Waals surface area contributed by atoms with Gasteiger partial charge in [0.2, 0.25) is 10.0 Å². The van der Waals surface area contributed by atoms with E-state index in [-0.39, 0.29) is 18.1 Å². The molecule has 118 valence electrons. The van der Waals surface area contributed by atoms with Crippen molar-refractivity contribution < 1.29 is 17.9 Å². The average molecular weight is 306 g/mol. The van der Waals surface area contributed by atoms with Gasteiger partial charge < -0.3 is 10.1 Å². The van der Waals surface area contributed by atoms with Crippen LogP contribution in [0.5, 0.6) is 0 Å². The van der Waals surface area contributed by atoms with Gasteiger partial charge in [-0.25, -0.2) is 12.7 Å². The molecular formula is C13H26N2O4S. The predicted molar refractivity (Wildman–Crippen MR) is 77.9 cm³/mol. The molecule has 1 atom stereocenters. The summed E-state index contributed by atoms with van der Waals surface area (Å²) in [5.74, 6) is -0.232. The van der Waals surface area contributed by atoms with E-state index in [0.29, 0.717) is 13.1 Å². The number of carbonyl (C=O) groups is 1. The summed E-state index contributed by atoms with van der Waals surface area (Å²) < 4.78 is 29.2. The fourth-order valence-corrected chi connectivity index (χ4v) is 3.33. The summed E-state index contributed by atoms with van der Waals surface area (Å²) in [7, 11) is -1.70. The van der Waals surface area contributed by atoms with Gasteiger partial charge in [-0.05, 0) is 19.3 Å². The Morgan fingerprint density at radius 1 is 1.40 bits per heavy atom. The van der Waals surface area contributed by atoms with Gasteiger partial charge >= 0.3 is 5.97 Å². The maximum absolute atomic E-state index is 11.7. The van der Waals surface area contributed by atoms with Crippen molar-refractivity contribution in [2.45, 2.75) is 51.1 Å². The molecule has 1 fully saturated rings. The van der Waals surface area contributed by atoms with Crippen LogP contribution in [0.15, 0.2) is 0 Å². The Bertz CT molecular complexity index is 403. The SMILES string of the molecule is CCCCC(NC1CCN(S(C)(=O)=O)CC1)C(=O)OC. The Balaban J connectivity index is 2.49. The molecule has 1 rings (SSSR count). The van der Waals surface area contributed by atoms with E-state index in [0.717, 1.165) is 32.1 Å². The lowest BCUT2D eigenvalue weighted by atomic mass is 10.0. The van der Waals surface area contributed by atoms with Crippen molar-refractivity contribution in [3.8, 4) is 0 Å². The number of carbonyl (C=O) groups excluding carboxylic acids is 1. The molecule has 1 saturated heterocycles.